The van der Waals surface area contributed by atoms with Crippen LogP contribution in [0.4, 0.5) is 4.79 Å². The molecule has 0 spiro atoms. The Kier molecular flexibility index (Phi) is 9.71. The van der Waals surface area contributed by atoms with E-state index in [1.54, 1.807) is 27.9 Å². The summed E-state index contributed by atoms with van der Waals surface area (Å²) in [6.45, 7) is 7.74. The Morgan fingerprint density at radius 3 is 2.46 bits per heavy atom. The summed E-state index contributed by atoms with van der Waals surface area (Å²) in [5, 5.41) is 3.44. The Hall–Kier alpha value is -3.81. The molecular formula is C29H36N2O6. The Morgan fingerprint density at radius 1 is 1.03 bits per heavy atom. The average molecular weight is 509 g/mol. The van der Waals surface area contributed by atoms with Crippen molar-refractivity contribution >= 4 is 23.0 Å². The van der Waals surface area contributed by atoms with Gasteiger partial charge < -0.3 is 24.3 Å². The predicted molar refractivity (Wildman–Crippen MR) is 143 cm³/mol. The molecule has 0 bridgehead atoms. The molecule has 0 aliphatic carbocycles. The van der Waals surface area contributed by atoms with Gasteiger partial charge in [-0.2, -0.15) is 0 Å². The van der Waals surface area contributed by atoms with Crippen LogP contribution in [0.1, 0.15) is 47.0 Å². The SMILES string of the molecule is CCCCOC(=O)[C@H](CCOc1cc(-c2ccccc2)nc2cc(OC)ccc12)NC(=O)OC(C)(C)C. The number of carbonyl (C=O) groups excluding carboxylic acids is 2. The van der Waals surface area contributed by atoms with Crippen molar-refractivity contribution in [1.82, 2.24) is 10.3 Å². The number of amides is 1. The van der Waals surface area contributed by atoms with Crippen molar-refractivity contribution in [2.45, 2.75) is 58.6 Å². The highest BCUT2D eigenvalue weighted by Crippen LogP contribution is 2.32. The van der Waals surface area contributed by atoms with Gasteiger partial charge in [-0.25, -0.2) is 14.6 Å². The van der Waals surface area contributed by atoms with E-state index in [1.165, 1.54) is 0 Å². The molecule has 0 radical (unpaired) electrons. The molecule has 0 saturated carbocycles. The van der Waals surface area contributed by atoms with Gasteiger partial charge in [0, 0.05) is 29.5 Å². The third-order valence-electron chi connectivity index (χ3n) is 5.43. The molecule has 1 heterocycles. The van der Waals surface area contributed by atoms with Crippen LogP contribution in [0.15, 0.2) is 54.6 Å². The molecule has 0 fully saturated rings. The lowest BCUT2D eigenvalue weighted by Crippen LogP contribution is -2.45. The van der Waals surface area contributed by atoms with Gasteiger partial charge in [0.2, 0.25) is 0 Å². The first kappa shape index (κ1) is 27.8. The minimum atomic E-state index is -0.909. The summed E-state index contributed by atoms with van der Waals surface area (Å²) in [5.74, 6) is 0.784. The summed E-state index contributed by atoms with van der Waals surface area (Å²) >= 11 is 0. The van der Waals surface area contributed by atoms with Crippen LogP contribution in [-0.2, 0) is 14.3 Å². The van der Waals surface area contributed by atoms with Crippen LogP contribution in [0.2, 0.25) is 0 Å². The minimum Gasteiger partial charge on any atom is -0.497 e. The molecule has 0 aliphatic rings. The van der Waals surface area contributed by atoms with Crippen molar-refractivity contribution in [3.63, 3.8) is 0 Å². The monoisotopic (exact) mass is 508 g/mol. The minimum absolute atomic E-state index is 0.155. The fraction of sp³-hybridized carbons (Fsp3) is 0.414. The number of nitrogens with zero attached hydrogens (tertiary/aromatic N) is 1. The quantitative estimate of drug-likeness (QED) is 0.254. The molecule has 1 aromatic heterocycles. The van der Waals surface area contributed by atoms with E-state index in [0.29, 0.717) is 18.1 Å². The highest BCUT2D eigenvalue weighted by Gasteiger charge is 2.26. The van der Waals surface area contributed by atoms with Crippen LogP contribution in [0, 0.1) is 0 Å². The second-order valence-corrected chi connectivity index (χ2v) is 9.61. The molecule has 1 N–H and O–H groups in total. The average Bonchev–Trinajstić information content (AvgIpc) is 2.87. The predicted octanol–water partition coefficient (Wildman–Crippen LogP) is 5.92. The fourth-order valence-corrected chi connectivity index (χ4v) is 3.58. The Labute approximate surface area is 218 Å². The van der Waals surface area contributed by atoms with Crippen molar-refractivity contribution < 1.29 is 28.5 Å². The van der Waals surface area contributed by atoms with Crippen LogP contribution < -0.4 is 14.8 Å². The number of hydrogen-bond donors (Lipinski definition) is 1. The lowest BCUT2D eigenvalue weighted by atomic mass is 10.1. The number of aromatic nitrogens is 1. The van der Waals surface area contributed by atoms with Crippen molar-refractivity contribution in [2.75, 3.05) is 20.3 Å². The lowest BCUT2D eigenvalue weighted by molar-refractivity contribution is -0.146. The third-order valence-corrected chi connectivity index (χ3v) is 5.43. The molecule has 3 aromatic rings. The number of benzene rings is 2. The summed E-state index contributed by atoms with van der Waals surface area (Å²) < 4.78 is 22.2. The zero-order chi connectivity index (χ0) is 26.8. The highest BCUT2D eigenvalue weighted by molar-refractivity contribution is 5.89. The van der Waals surface area contributed by atoms with E-state index in [4.69, 9.17) is 23.9 Å². The smallest absolute Gasteiger partial charge is 0.408 e. The maximum atomic E-state index is 12.7. The maximum absolute atomic E-state index is 12.7. The zero-order valence-corrected chi connectivity index (χ0v) is 22.2. The molecule has 1 atom stereocenters. The number of pyridine rings is 1. The van der Waals surface area contributed by atoms with Gasteiger partial charge in [-0.05, 0) is 39.3 Å². The molecule has 2 aromatic carbocycles. The van der Waals surface area contributed by atoms with Crippen molar-refractivity contribution in [3.05, 3.63) is 54.6 Å². The lowest BCUT2D eigenvalue weighted by Gasteiger charge is -2.23. The van der Waals surface area contributed by atoms with Gasteiger partial charge in [0.1, 0.15) is 23.1 Å². The first-order chi connectivity index (χ1) is 17.7. The number of nitrogens with one attached hydrogen (secondary N) is 1. The van der Waals surface area contributed by atoms with E-state index in [1.807, 2.05) is 61.5 Å². The highest BCUT2D eigenvalue weighted by atomic mass is 16.6. The zero-order valence-electron chi connectivity index (χ0n) is 22.2. The summed E-state index contributed by atoms with van der Waals surface area (Å²) in [7, 11) is 1.61. The molecule has 3 rings (SSSR count). The van der Waals surface area contributed by atoms with E-state index in [9.17, 15) is 9.59 Å². The Morgan fingerprint density at radius 2 is 1.78 bits per heavy atom. The van der Waals surface area contributed by atoms with E-state index in [2.05, 4.69) is 5.32 Å². The van der Waals surface area contributed by atoms with Gasteiger partial charge in [-0.15, -0.1) is 0 Å². The number of methoxy groups -OCH3 is 1. The van der Waals surface area contributed by atoms with Crippen molar-refractivity contribution in [2.24, 2.45) is 0 Å². The number of hydrogen-bond acceptors (Lipinski definition) is 7. The van der Waals surface area contributed by atoms with E-state index >= 15 is 0 Å². The van der Waals surface area contributed by atoms with Crippen LogP contribution in [0.5, 0.6) is 11.5 Å². The van der Waals surface area contributed by atoms with Gasteiger partial charge in [-0.3, -0.25) is 0 Å². The summed E-state index contributed by atoms with van der Waals surface area (Å²) in [4.78, 5) is 29.9. The number of unbranched alkanes of at least 4 members (excludes halogenated alkanes) is 1. The number of ether oxygens (including phenoxy) is 4. The van der Waals surface area contributed by atoms with Crippen molar-refractivity contribution in [1.29, 1.82) is 0 Å². The third kappa shape index (κ3) is 8.37. The first-order valence-corrected chi connectivity index (χ1v) is 12.5. The van der Waals surface area contributed by atoms with Crippen LogP contribution >= 0.6 is 0 Å². The van der Waals surface area contributed by atoms with Gasteiger partial charge in [-0.1, -0.05) is 43.7 Å². The molecule has 8 heteroatoms. The number of carbonyl (C=O) groups is 2. The number of rotatable bonds is 11. The standard InChI is InChI=1S/C29H36N2O6/c1-6-7-16-36-27(32)23(31-28(33)37-29(2,3)4)15-17-35-26-19-24(20-11-9-8-10-12-20)30-25-18-21(34-5)13-14-22(25)26/h8-14,18-19,23H,6-7,15-17H2,1-5H3,(H,31,33)/t23-/m0/s1. The summed E-state index contributed by atoms with van der Waals surface area (Å²) in [6, 6.07) is 16.4. The van der Waals surface area contributed by atoms with Crippen LogP contribution in [-0.4, -0.2) is 49.0 Å². The number of fused-ring (bicyclic) bond motifs is 1. The van der Waals surface area contributed by atoms with Gasteiger partial charge in [0.05, 0.1) is 31.5 Å². The molecule has 198 valence electrons. The first-order valence-electron chi connectivity index (χ1n) is 12.5. The van der Waals surface area contributed by atoms with Gasteiger partial charge >= 0.3 is 12.1 Å². The van der Waals surface area contributed by atoms with E-state index in [-0.39, 0.29) is 13.0 Å². The molecule has 8 nitrogen and oxygen atoms in total. The second kappa shape index (κ2) is 12.9. The topological polar surface area (TPSA) is 96.0 Å². The Bertz CT molecular complexity index is 1190. The largest absolute Gasteiger partial charge is 0.497 e. The van der Waals surface area contributed by atoms with Gasteiger partial charge in [0.15, 0.2) is 0 Å². The molecular weight excluding hydrogens is 472 g/mol. The van der Waals surface area contributed by atoms with Crippen molar-refractivity contribution in [3.8, 4) is 22.8 Å². The second-order valence-electron chi connectivity index (χ2n) is 9.61. The van der Waals surface area contributed by atoms with Gasteiger partial charge in [0.25, 0.3) is 0 Å². The normalized spacial score (nSPS) is 12.0. The molecule has 1 amide bonds. The fourth-order valence-electron chi connectivity index (χ4n) is 3.58. The number of esters is 1. The summed E-state index contributed by atoms with van der Waals surface area (Å²) in [5.41, 5.74) is 1.72. The molecule has 0 unspecified atom stereocenters. The number of alkyl carbamates (subject to hydrolysis) is 1. The van der Waals surface area contributed by atoms with E-state index in [0.717, 1.165) is 35.0 Å². The Balaban J connectivity index is 1.80. The molecule has 0 aliphatic heterocycles. The molecule has 0 saturated heterocycles. The maximum Gasteiger partial charge on any atom is 0.408 e. The summed E-state index contributed by atoms with van der Waals surface area (Å²) in [6.07, 6.45) is 1.16. The van der Waals surface area contributed by atoms with E-state index < -0.39 is 23.7 Å². The van der Waals surface area contributed by atoms with Crippen LogP contribution in [0.25, 0.3) is 22.2 Å². The van der Waals surface area contributed by atoms with Crippen LogP contribution in [0.3, 0.4) is 0 Å². The molecule has 37 heavy (non-hydrogen) atoms.